The summed E-state index contributed by atoms with van der Waals surface area (Å²) in [5.74, 6) is -0.658. The Morgan fingerprint density at radius 3 is 1.36 bits per heavy atom. The summed E-state index contributed by atoms with van der Waals surface area (Å²) in [6.07, 6.45) is 28.6. The molecule has 0 saturated carbocycles. The van der Waals surface area contributed by atoms with Crippen molar-refractivity contribution in [3.63, 3.8) is 0 Å². The Bertz CT molecular complexity index is 296. The monoisotopic (exact) mass is 352 g/mol. The second-order valence-electron chi connectivity index (χ2n) is 7.50. The van der Waals surface area contributed by atoms with E-state index in [9.17, 15) is 4.79 Å². The molecule has 0 aliphatic rings. The molecule has 0 aliphatic heterocycles. The van der Waals surface area contributed by atoms with E-state index in [0.717, 1.165) is 12.8 Å². The summed E-state index contributed by atoms with van der Waals surface area (Å²) in [6, 6.07) is 0. The normalized spacial score (nSPS) is 11.4. The summed E-state index contributed by atoms with van der Waals surface area (Å²) in [7, 11) is 0. The van der Waals surface area contributed by atoms with E-state index in [-0.39, 0.29) is 0 Å². The first-order chi connectivity index (χ1) is 12.3. The van der Waals surface area contributed by atoms with Gasteiger partial charge in [0.2, 0.25) is 0 Å². The first-order valence-corrected chi connectivity index (χ1v) is 11.1. The minimum absolute atomic E-state index is 0.337. The maximum Gasteiger partial charge on any atom is 0.303 e. The lowest BCUT2D eigenvalue weighted by atomic mass is 10.1. The van der Waals surface area contributed by atoms with Gasteiger partial charge in [-0.15, -0.1) is 0 Å². The predicted molar refractivity (Wildman–Crippen MR) is 110 cm³/mol. The van der Waals surface area contributed by atoms with Gasteiger partial charge >= 0.3 is 5.97 Å². The van der Waals surface area contributed by atoms with Crippen molar-refractivity contribution in [3.8, 4) is 0 Å². The van der Waals surface area contributed by atoms with Gasteiger partial charge in [0.05, 0.1) is 0 Å². The quantitative estimate of drug-likeness (QED) is 0.178. The summed E-state index contributed by atoms with van der Waals surface area (Å²) in [4.78, 5) is 10.4. The van der Waals surface area contributed by atoms with Gasteiger partial charge in [0.15, 0.2) is 0 Å². The van der Waals surface area contributed by atoms with Gasteiger partial charge in [-0.1, -0.05) is 103 Å². The molecule has 0 aliphatic carbocycles. The number of allylic oxidation sites excluding steroid dienone is 2. The summed E-state index contributed by atoms with van der Waals surface area (Å²) in [5.41, 5.74) is 0. The highest BCUT2D eigenvalue weighted by molar-refractivity contribution is 5.66. The fraction of sp³-hybridized carbons (Fsp3) is 0.870. The third kappa shape index (κ3) is 23.2. The van der Waals surface area contributed by atoms with E-state index < -0.39 is 5.97 Å². The van der Waals surface area contributed by atoms with Gasteiger partial charge in [-0.2, -0.15) is 0 Å². The van der Waals surface area contributed by atoms with Crippen LogP contribution in [0.5, 0.6) is 0 Å². The third-order valence-corrected chi connectivity index (χ3v) is 4.90. The molecule has 25 heavy (non-hydrogen) atoms. The first kappa shape index (κ1) is 24.2. The molecule has 0 fully saturated rings. The van der Waals surface area contributed by atoms with Gasteiger partial charge in [-0.3, -0.25) is 4.79 Å². The molecule has 0 rings (SSSR count). The Balaban J connectivity index is 3.07. The number of hydrogen-bond donors (Lipinski definition) is 1. The lowest BCUT2D eigenvalue weighted by Crippen LogP contribution is -1.93. The molecule has 0 aromatic carbocycles. The molecule has 0 atom stereocenters. The molecule has 0 amide bonds. The zero-order valence-corrected chi connectivity index (χ0v) is 16.9. The van der Waals surface area contributed by atoms with Crippen LogP contribution in [-0.4, -0.2) is 11.1 Å². The molecule has 0 saturated heterocycles. The average Bonchev–Trinajstić information content (AvgIpc) is 2.60. The standard InChI is InChI=1S/C23H44O2/c1-2-3-4-5-6-7-8-9-10-11-12-13-14-15-16-17-18-19-20-21-22-23(24)25/h12-13H,2-11,14-22H2,1H3,(H,24,25). The van der Waals surface area contributed by atoms with Crippen LogP contribution >= 0.6 is 0 Å². The third-order valence-electron chi connectivity index (χ3n) is 4.90. The number of rotatable bonds is 20. The Morgan fingerprint density at radius 1 is 0.600 bits per heavy atom. The van der Waals surface area contributed by atoms with E-state index in [1.54, 1.807) is 0 Å². The highest BCUT2D eigenvalue weighted by Gasteiger charge is 1.96. The first-order valence-electron chi connectivity index (χ1n) is 11.1. The molecule has 0 spiro atoms. The molecule has 0 radical (unpaired) electrons. The minimum Gasteiger partial charge on any atom is -0.481 e. The highest BCUT2D eigenvalue weighted by atomic mass is 16.4. The Kier molecular flexibility index (Phi) is 20.6. The molecule has 0 aromatic heterocycles. The molecular weight excluding hydrogens is 308 g/mol. The molecule has 2 nitrogen and oxygen atoms in total. The molecule has 2 heteroatoms. The topological polar surface area (TPSA) is 37.3 Å². The van der Waals surface area contributed by atoms with Crippen LogP contribution in [0.15, 0.2) is 12.2 Å². The van der Waals surface area contributed by atoms with E-state index in [1.807, 2.05) is 0 Å². The number of carbonyl (C=O) groups is 1. The van der Waals surface area contributed by atoms with Crippen molar-refractivity contribution >= 4 is 5.97 Å². The Hall–Kier alpha value is -0.790. The van der Waals surface area contributed by atoms with E-state index in [0.29, 0.717) is 6.42 Å². The van der Waals surface area contributed by atoms with E-state index in [4.69, 9.17) is 5.11 Å². The molecule has 0 heterocycles. The minimum atomic E-state index is -0.658. The lowest BCUT2D eigenvalue weighted by Gasteiger charge is -2.01. The zero-order chi connectivity index (χ0) is 18.4. The maximum absolute atomic E-state index is 10.4. The van der Waals surface area contributed by atoms with Crippen molar-refractivity contribution in [2.24, 2.45) is 0 Å². The van der Waals surface area contributed by atoms with Crippen molar-refractivity contribution in [1.82, 2.24) is 0 Å². The van der Waals surface area contributed by atoms with Crippen LogP contribution in [0.25, 0.3) is 0 Å². The Labute approximate surface area is 157 Å². The summed E-state index contributed by atoms with van der Waals surface area (Å²) < 4.78 is 0. The van der Waals surface area contributed by atoms with E-state index >= 15 is 0 Å². The maximum atomic E-state index is 10.4. The smallest absolute Gasteiger partial charge is 0.303 e. The number of carboxylic acids is 1. The number of aliphatic carboxylic acids is 1. The van der Waals surface area contributed by atoms with Crippen LogP contribution in [0.2, 0.25) is 0 Å². The van der Waals surface area contributed by atoms with Crippen LogP contribution < -0.4 is 0 Å². The second kappa shape index (κ2) is 21.3. The van der Waals surface area contributed by atoms with Crippen LogP contribution in [-0.2, 0) is 4.79 Å². The van der Waals surface area contributed by atoms with Gasteiger partial charge in [-0.25, -0.2) is 0 Å². The SMILES string of the molecule is CCCCCCCCCCCC=CCCCCCCCCCC(=O)O. The largest absolute Gasteiger partial charge is 0.481 e. The second-order valence-corrected chi connectivity index (χ2v) is 7.50. The van der Waals surface area contributed by atoms with Crippen LogP contribution in [0.3, 0.4) is 0 Å². The average molecular weight is 353 g/mol. The number of carboxylic acid groups (broad SMARTS) is 1. The lowest BCUT2D eigenvalue weighted by molar-refractivity contribution is -0.137. The van der Waals surface area contributed by atoms with Crippen molar-refractivity contribution in [2.75, 3.05) is 0 Å². The summed E-state index contributed by atoms with van der Waals surface area (Å²) in [5, 5.41) is 8.56. The van der Waals surface area contributed by atoms with Crippen molar-refractivity contribution in [1.29, 1.82) is 0 Å². The highest BCUT2D eigenvalue weighted by Crippen LogP contribution is 2.12. The van der Waals surface area contributed by atoms with Gasteiger partial charge < -0.3 is 5.11 Å². The van der Waals surface area contributed by atoms with Crippen LogP contribution in [0.1, 0.15) is 129 Å². The van der Waals surface area contributed by atoms with Crippen molar-refractivity contribution < 1.29 is 9.90 Å². The van der Waals surface area contributed by atoms with Crippen LogP contribution in [0, 0.1) is 0 Å². The van der Waals surface area contributed by atoms with E-state index in [1.165, 1.54) is 103 Å². The van der Waals surface area contributed by atoms with Crippen LogP contribution in [0.4, 0.5) is 0 Å². The molecule has 0 unspecified atom stereocenters. The van der Waals surface area contributed by atoms with Gasteiger partial charge in [-0.05, 0) is 32.1 Å². The van der Waals surface area contributed by atoms with Gasteiger partial charge in [0.1, 0.15) is 0 Å². The van der Waals surface area contributed by atoms with Crippen molar-refractivity contribution in [3.05, 3.63) is 12.2 Å². The van der Waals surface area contributed by atoms with Crippen molar-refractivity contribution in [2.45, 2.75) is 129 Å². The summed E-state index contributed by atoms with van der Waals surface area (Å²) >= 11 is 0. The Morgan fingerprint density at radius 2 is 0.960 bits per heavy atom. The summed E-state index contributed by atoms with van der Waals surface area (Å²) in [6.45, 7) is 2.28. The predicted octanol–water partition coefficient (Wildman–Crippen LogP) is 8.06. The molecule has 1 N–H and O–H groups in total. The zero-order valence-electron chi connectivity index (χ0n) is 16.9. The number of unbranched alkanes of at least 4 members (excludes halogenated alkanes) is 16. The number of hydrogen-bond acceptors (Lipinski definition) is 1. The molecule has 0 aromatic rings. The molecule has 148 valence electrons. The fourth-order valence-electron chi connectivity index (χ4n) is 3.23. The molecular formula is C23H44O2. The van der Waals surface area contributed by atoms with Gasteiger partial charge in [0, 0.05) is 6.42 Å². The van der Waals surface area contributed by atoms with Gasteiger partial charge in [0.25, 0.3) is 0 Å². The molecule has 0 bridgehead atoms. The fourth-order valence-corrected chi connectivity index (χ4v) is 3.23. The van der Waals surface area contributed by atoms with E-state index in [2.05, 4.69) is 19.1 Å².